The van der Waals surface area contributed by atoms with Crippen molar-refractivity contribution in [3.05, 3.63) is 50.8 Å². The minimum absolute atomic E-state index is 0.204. The van der Waals surface area contributed by atoms with Gasteiger partial charge < -0.3 is 20.3 Å². The number of hydrogen-bond donors (Lipinski definition) is 3. The van der Waals surface area contributed by atoms with Gasteiger partial charge in [0.1, 0.15) is 5.76 Å². The molecule has 1 heterocycles. The third-order valence-electron chi connectivity index (χ3n) is 4.11. The lowest BCUT2D eigenvalue weighted by atomic mass is 10.1. The van der Waals surface area contributed by atoms with Crippen molar-refractivity contribution in [2.45, 2.75) is 39.7 Å². The van der Waals surface area contributed by atoms with Gasteiger partial charge in [-0.1, -0.05) is 28.4 Å². The third-order valence-corrected chi connectivity index (χ3v) is 4.55. The summed E-state index contributed by atoms with van der Waals surface area (Å²) in [6.07, 6.45) is 1.02. The number of halogens is 2. The highest BCUT2D eigenvalue weighted by Gasteiger charge is 2.10. The molecule has 0 aliphatic heterocycles. The van der Waals surface area contributed by atoms with E-state index in [1.165, 1.54) is 0 Å². The molecule has 148 valence electrons. The van der Waals surface area contributed by atoms with E-state index in [9.17, 15) is 5.11 Å². The van der Waals surface area contributed by atoms with Crippen molar-refractivity contribution < 1.29 is 9.63 Å². The summed E-state index contributed by atoms with van der Waals surface area (Å²) in [6, 6.07) is 5.02. The van der Waals surface area contributed by atoms with Crippen molar-refractivity contribution >= 4 is 29.2 Å². The molecule has 27 heavy (non-hydrogen) atoms. The van der Waals surface area contributed by atoms with Crippen molar-refractivity contribution in [3.8, 4) is 0 Å². The molecule has 0 fully saturated rings. The first-order valence-corrected chi connectivity index (χ1v) is 9.74. The van der Waals surface area contributed by atoms with Crippen LogP contribution >= 0.6 is 23.2 Å². The number of aryl methyl sites for hydroxylation is 2. The van der Waals surface area contributed by atoms with Gasteiger partial charge in [0.25, 0.3) is 0 Å². The van der Waals surface area contributed by atoms with Gasteiger partial charge in [0, 0.05) is 28.7 Å². The van der Waals surface area contributed by atoms with Crippen molar-refractivity contribution in [1.29, 1.82) is 0 Å². The number of guanidine groups is 1. The summed E-state index contributed by atoms with van der Waals surface area (Å²) < 4.78 is 5.18. The zero-order chi connectivity index (χ0) is 19.8. The summed E-state index contributed by atoms with van der Waals surface area (Å²) in [5.41, 5.74) is 2.74. The Morgan fingerprint density at radius 1 is 1.22 bits per heavy atom. The van der Waals surface area contributed by atoms with E-state index in [2.05, 4.69) is 20.8 Å². The monoisotopic (exact) mass is 412 g/mol. The molecule has 0 bridgehead atoms. The van der Waals surface area contributed by atoms with Crippen LogP contribution in [0.1, 0.15) is 42.0 Å². The number of aliphatic imine (C=N–C) groups is 1. The summed E-state index contributed by atoms with van der Waals surface area (Å²) in [6.45, 7) is 7.56. The van der Waals surface area contributed by atoms with Crippen LogP contribution in [0.15, 0.2) is 27.7 Å². The number of aliphatic hydroxyl groups excluding tert-OH is 1. The molecular weight excluding hydrogens is 387 g/mol. The Balaban J connectivity index is 1.87. The Labute approximate surface area is 169 Å². The van der Waals surface area contributed by atoms with Gasteiger partial charge in [-0.25, -0.2) is 0 Å². The number of aliphatic hydroxyl groups is 1. The summed E-state index contributed by atoms with van der Waals surface area (Å²) in [4.78, 5) is 4.45. The second kappa shape index (κ2) is 10.5. The molecule has 1 atom stereocenters. The Morgan fingerprint density at radius 3 is 2.52 bits per heavy atom. The van der Waals surface area contributed by atoms with E-state index >= 15 is 0 Å². The van der Waals surface area contributed by atoms with Gasteiger partial charge in [-0.15, -0.1) is 0 Å². The van der Waals surface area contributed by atoms with Gasteiger partial charge in [0.15, 0.2) is 5.96 Å². The Hall–Kier alpha value is -1.76. The fourth-order valence-electron chi connectivity index (χ4n) is 2.72. The van der Waals surface area contributed by atoms with Crippen molar-refractivity contribution in [2.24, 2.45) is 4.99 Å². The van der Waals surface area contributed by atoms with Crippen LogP contribution in [0.5, 0.6) is 0 Å². The summed E-state index contributed by atoms with van der Waals surface area (Å²) >= 11 is 12.0. The zero-order valence-corrected chi connectivity index (χ0v) is 17.4. The predicted octanol–water partition coefficient (Wildman–Crippen LogP) is 3.82. The molecule has 2 aromatic rings. The standard InChI is InChI=1S/C19H26Cl2N4O2/c1-4-22-19(23-7-5-6-17-12(2)25-27-13(17)3)24-11-18(26)14-8-15(20)10-16(21)9-14/h8-10,18,26H,4-7,11H2,1-3H3,(H2,22,23,24). The second-order valence-corrected chi connectivity index (χ2v) is 7.14. The summed E-state index contributed by atoms with van der Waals surface area (Å²) in [5, 5.41) is 21.7. The predicted molar refractivity (Wildman–Crippen MR) is 110 cm³/mol. The van der Waals surface area contributed by atoms with Crippen molar-refractivity contribution in [2.75, 3.05) is 19.6 Å². The molecule has 1 unspecified atom stereocenters. The molecule has 1 aromatic carbocycles. The normalized spacial score (nSPS) is 12.9. The fraction of sp³-hybridized carbons (Fsp3) is 0.474. The fourth-order valence-corrected chi connectivity index (χ4v) is 3.27. The van der Waals surface area contributed by atoms with Crippen LogP contribution in [0.3, 0.4) is 0 Å². The lowest BCUT2D eigenvalue weighted by molar-refractivity contribution is 0.187. The Kier molecular flexibility index (Phi) is 8.41. The molecule has 1 aromatic heterocycles. The summed E-state index contributed by atoms with van der Waals surface area (Å²) in [7, 11) is 0. The first-order valence-electron chi connectivity index (χ1n) is 8.98. The first-order chi connectivity index (χ1) is 12.9. The molecule has 0 spiro atoms. The lowest BCUT2D eigenvalue weighted by Gasteiger charge is -2.14. The highest BCUT2D eigenvalue weighted by atomic mass is 35.5. The molecule has 0 aliphatic rings. The van der Waals surface area contributed by atoms with Gasteiger partial charge in [0.05, 0.1) is 18.3 Å². The van der Waals surface area contributed by atoms with Gasteiger partial charge in [-0.05, 0) is 57.4 Å². The van der Waals surface area contributed by atoms with E-state index in [-0.39, 0.29) is 6.54 Å². The molecule has 0 saturated carbocycles. The van der Waals surface area contributed by atoms with Crippen LogP contribution < -0.4 is 10.6 Å². The number of rotatable bonds is 8. The number of nitrogens with zero attached hydrogens (tertiary/aromatic N) is 2. The van der Waals surface area contributed by atoms with Gasteiger partial charge in [-0.2, -0.15) is 0 Å². The SMILES string of the molecule is CCNC(=NCC(O)c1cc(Cl)cc(Cl)c1)NCCCc1c(C)noc1C. The molecule has 0 aliphatic carbocycles. The van der Waals surface area contributed by atoms with E-state index in [4.69, 9.17) is 27.7 Å². The third kappa shape index (κ3) is 6.72. The largest absolute Gasteiger partial charge is 0.386 e. The van der Waals surface area contributed by atoms with Crippen LogP contribution in [0.2, 0.25) is 10.0 Å². The quantitative estimate of drug-likeness (QED) is 0.348. The average Bonchev–Trinajstić information content (AvgIpc) is 2.93. The molecule has 2 rings (SSSR count). The first kappa shape index (κ1) is 21.5. The van der Waals surface area contributed by atoms with Crippen molar-refractivity contribution in [1.82, 2.24) is 15.8 Å². The molecule has 8 heteroatoms. The Morgan fingerprint density at radius 2 is 1.93 bits per heavy atom. The molecule has 0 saturated heterocycles. The molecule has 0 amide bonds. The second-order valence-electron chi connectivity index (χ2n) is 6.27. The lowest BCUT2D eigenvalue weighted by Crippen LogP contribution is -2.38. The topological polar surface area (TPSA) is 82.7 Å². The molecule has 6 nitrogen and oxygen atoms in total. The maximum absolute atomic E-state index is 10.3. The van der Waals surface area contributed by atoms with E-state index in [1.54, 1.807) is 18.2 Å². The van der Waals surface area contributed by atoms with Crippen LogP contribution in [-0.2, 0) is 6.42 Å². The minimum Gasteiger partial charge on any atom is -0.386 e. The van der Waals surface area contributed by atoms with Crippen LogP contribution in [0.4, 0.5) is 0 Å². The minimum atomic E-state index is -0.779. The number of nitrogens with one attached hydrogen (secondary N) is 2. The van der Waals surface area contributed by atoms with Crippen LogP contribution in [-0.4, -0.2) is 35.9 Å². The molecular formula is C19H26Cl2N4O2. The smallest absolute Gasteiger partial charge is 0.191 e. The van der Waals surface area contributed by atoms with E-state index in [1.807, 2.05) is 20.8 Å². The van der Waals surface area contributed by atoms with Gasteiger partial charge >= 0.3 is 0 Å². The number of aromatic nitrogens is 1. The van der Waals surface area contributed by atoms with Crippen LogP contribution in [0, 0.1) is 13.8 Å². The highest BCUT2D eigenvalue weighted by molar-refractivity contribution is 6.34. The van der Waals surface area contributed by atoms with Crippen molar-refractivity contribution in [3.63, 3.8) is 0 Å². The maximum Gasteiger partial charge on any atom is 0.191 e. The van der Waals surface area contributed by atoms with E-state index in [0.717, 1.165) is 42.9 Å². The maximum atomic E-state index is 10.3. The van der Waals surface area contributed by atoms with Gasteiger partial charge in [0.2, 0.25) is 0 Å². The highest BCUT2D eigenvalue weighted by Crippen LogP contribution is 2.23. The van der Waals surface area contributed by atoms with E-state index in [0.29, 0.717) is 21.6 Å². The zero-order valence-electron chi connectivity index (χ0n) is 15.9. The Bertz CT molecular complexity index is 737. The van der Waals surface area contributed by atoms with Gasteiger partial charge in [-0.3, -0.25) is 4.99 Å². The average molecular weight is 413 g/mol. The van der Waals surface area contributed by atoms with Crippen LogP contribution in [0.25, 0.3) is 0 Å². The molecule has 3 N–H and O–H groups in total. The molecule has 0 radical (unpaired) electrons. The number of hydrogen-bond acceptors (Lipinski definition) is 4. The van der Waals surface area contributed by atoms with E-state index < -0.39 is 6.10 Å². The summed E-state index contributed by atoms with van der Waals surface area (Å²) in [5.74, 6) is 1.53. The number of benzene rings is 1.